The van der Waals surface area contributed by atoms with E-state index in [-0.39, 0.29) is 10.8 Å². The number of aromatic hydroxyl groups is 1. The minimum atomic E-state index is -0.413. The van der Waals surface area contributed by atoms with Crippen molar-refractivity contribution in [1.29, 1.82) is 0 Å². The van der Waals surface area contributed by atoms with E-state index in [1.54, 1.807) is 6.21 Å². The van der Waals surface area contributed by atoms with E-state index in [4.69, 9.17) is 16.3 Å². The third kappa shape index (κ3) is 8.33. The van der Waals surface area contributed by atoms with E-state index in [0.717, 1.165) is 48.5 Å². The number of carbonyl (C=O) groups excluding carboxylic acids is 1. The van der Waals surface area contributed by atoms with E-state index in [1.807, 2.05) is 26.0 Å². The summed E-state index contributed by atoms with van der Waals surface area (Å²) in [6.07, 6.45) is 2.68. The predicted molar refractivity (Wildman–Crippen MR) is 156 cm³/mol. The molecule has 1 amide bonds. The van der Waals surface area contributed by atoms with E-state index in [9.17, 15) is 9.90 Å². The summed E-state index contributed by atoms with van der Waals surface area (Å²) in [5, 5.41) is 13.7. The second kappa shape index (κ2) is 14.0. The zero-order chi connectivity index (χ0) is 27.7. The van der Waals surface area contributed by atoms with Crippen LogP contribution >= 0.6 is 11.6 Å². The van der Waals surface area contributed by atoms with Crippen LogP contribution < -0.4 is 10.2 Å². The minimum absolute atomic E-state index is 0.0746. The number of hydrazone groups is 1. The van der Waals surface area contributed by atoms with Gasteiger partial charge in [0.05, 0.1) is 11.2 Å². The number of carbonyl (C=O) groups is 1. The van der Waals surface area contributed by atoms with Gasteiger partial charge in [-0.1, -0.05) is 56.6 Å². The Hall–Kier alpha value is -3.35. The van der Waals surface area contributed by atoms with Gasteiger partial charge in [0.2, 0.25) is 0 Å². The standard InChI is InChI=1S/C31H38ClN3O3/c1-6-13-35(20-24-7-9-26(10-8-24)21(2)3)14-15-38-30-22(4)16-25(17-23(30)5)19-33-34-31(37)27-11-12-29(36)28(32)18-27/h7-12,16-19,21,36H,6,13-15,20H2,1-5H3,(H,34,37)/b33-19-. The first-order valence-electron chi connectivity index (χ1n) is 13.0. The molecule has 0 heterocycles. The minimum Gasteiger partial charge on any atom is -0.506 e. The Kier molecular flexibility index (Phi) is 10.7. The molecule has 3 aromatic rings. The van der Waals surface area contributed by atoms with Gasteiger partial charge in [-0.05, 0) is 90.9 Å². The molecule has 0 spiro atoms. The highest BCUT2D eigenvalue weighted by Gasteiger charge is 2.11. The number of hydrogen-bond donors (Lipinski definition) is 2. The first kappa shape index (κ1) is 29.2. The zero-order valence-corrected chi connectivity index (χ0v) is 23.7. The van der Waals surface area contributed by atoms with Crippen LogP contribution in [0.1, 0.15) is 71.3 Å². The number of hydrogen-bond acceptors (Lipinski definition) is 5. The summed E-state index contributed by atoms with van der Waals surface area (Å²) in [7, 11) is 0. The molecule has 0 aliphatic rings. The van der Waals surface area contributed by atoms with Gasteiger partial charge in [0, 0.05) is 18.7 Å². The summed E-state index contributed by atoms with van der Waals surface area (Å²) in [6, 6.07) is 17.1. The smallest absolute Gasteiger partial charge is 0.271 e. The van der Waals surface area contributed by atoms with Crippen LogP contribution in [0.25, 0.3) is 0 Å². The normalized spacial score (nSPS) is 11.5. The molecular formula is C31H38ClN3O3. The summed E-state index contributed by atoms with van der Waals surface area (Å²) in [5.41, 5.74) is 8.35. The molecule has 0 aliphatic carbocycles. The first-order valence-corrected chi connectivity index (χ1v) is 13.4. The molecule has 0 saturated heterocycles. The van der Waals surface area contributed by atoms with Crippen molar-refractivity contribution in [2.45, 2.75) is 53.5 Å². The van der Waals surface area contributed by atoms with E-state index < -0.39 is 5.91 Å². The van der Waals surface area contributed by atoms with Crippen LogP contribution in [0.5, 0.6) is 11.5 Å². The van der Waals surface area contributed by atoms with Crippen LogP contribution in [0.15, 0.2) is 59.7 Å². The number of phenolic OH excluding ortho intramolecular Hbond substituents is 1. The summed E-state index contributed by atoms with van der Waals surface area (Å²) >= 11 is 5.87. The highest BCUT2D eigenvalue weighted by Crippen LogP contribution is 2.25. The lowest BCUT2D eigenvalue weighted by atomic mass is 10.0. The van der Waals surface area contributed by atoms with E-state index in [0.29, 0.717) is 18.1 Å². The van der Waals surface area contributed by atoms with Gasteiger partial charge in [-0.3, -0.25) is 9.69 Å². The van der Waals surface area contributed by atoms with Gasteiger partial charge in [-0.2, -0.15) is 5.10 Å². The average molecular weight is 536 g/mol. The molecule has 0 aliphatic heterocycles. The lowest BCUT2D eigenvalue weighted by Crippen LogP contribution is -2.29. The molecule has 6 nitrogen and oxygen atoms in total. The van der Waals surface area contributed by atoms with E-state index >= 15 is 0 Å². The van der Waals surface area contributed by atoms with Crippen molar-refractivity contribution >= 4 is 23.7 Å². The van der Waals surface area contributed by atoms with Crippen molar-refractivity contribution in [3.63, 3.8) is 0 Å². The van der Waals surface area contributed by atoms with E-state index in [2.05, 4.69) is 60.5 Å². The molecule has 202 valence electrons. The van der Waals surface area contributed by atoms with Crippen LogP contribution in [-0.2, 0) is 6.54 Å². The maximum atomic E-state index is 12.3. The molecule has 0 unspecified atom stereocenters. The Bertz CT molecular complexity index is 1230. The molecule has 0 atom stereocenters. The van der Waals surface area contributed by atoms with E-state index in [1.165, 1.54) is 29.3 Å². The number of nitrogens with zero attached hydrogens (tertiary/aromatic N) is 2. The lowest BCUT2D eigenvalue weighted by molar-refractivity contribution is 0.0955. The second-order valence-electron chi connectivity index (χ2n) is 9.87. The van der Waals surface area contributed by atoms with Gasteiger partial charge in [0.15, 0.2) is 0 Å². The number of ether oxygens (including phenoxy) is 1. The van der Waals surface area contributed by atoms with Crippen molar-refractivity contribution in [2.75, 3.05) is 19.7 Å². The Labute approximate surface area is 231 Å². The molecule has 0 saturated carbocycles. The summed E-state index contributed by atoms with van der Waals surface area (Å²) < 4.78 is 6.22. The van der Waals surface area contributed by atoms with Gasteiger partial charge in [0.25, 0.3) is 5.91 Å². The molecule has 0 bridgehead atoms. The number of benzene rings is 3. The van der Waals surface area contributed by atoms with Crippen LogP contribution in [0.3, 0.4) is 0 Å². The Morgan fingerprint density at radius 1 is 1.08 bits per heavy atom. The summed E-state index contributed by atoms with van der Waals surface area (Å²) in [5.74, 6) is 0.929. The van der Waals surface area contributed by atoms with Crippen LogP contribution in [-0.4, -0.2) is 41.8 Å². The van der Waals surface area contributed by atoms with Crippen molar-refractivity contribution in [2.24, 2.45) is 5.10 Å². The fraction of sp³-hybridized carbons (Fsp3) is 0.355. The molecule has 3 aromatic carbocycles. The van der Waals surface area contributed by atoms with Gasteiger partial charge in [-0.25, -0.2) is 5.43 Å². The topological polar surface area (TPSA) is 74.2 Å². The van der Waals surface area contributed by atoms with Crippen molar-refractivity contribution in [3.8, 4) is 11.5 Å². The maximum absolute atomic E-state index is 12.3. The molecule has 0 fully saturated rings. The molecule has 0 radical (unpaired) electrons. The number of halogens is 1. The molecule has 0 aromatic heterocycles. The van der Waals surface area contributed by atoms with Crippen LogP contribution in [0, 0.1) is 13.8 Å². The van der Waals surface area contributed by atoms with Crippen molar-refractivity contribution < 1.29 is 14.6 Å². The van der Waals surface area contributed by atoms with Crippen LogP contribution in [0.4, 0.5) is 0 Å². The number of amides is 1. The summed E-state index contributed by atoms with van der Waals surface area (Å²) in [6.45, 7) is 14.0. The SMILES string of the molecule is CCCN(CCOc1c(C)cc(/C=N\NC(=O)c2ccc(O)c(Cl)c2)cc1C)Cc1ccc(C(C)C)cc1. The quantitative estimate of drug-likeness (QED) is 0.197. The van der Waals surface area contributed by atoms with Crippen molar-refractivity contribution in [3.05, 3.63) is 93.0 Å². The third-order valence-electron chi connectivity index (χ3n) is 6.32. The maximum Gasteiger partial charge on any atom is 0.271 e. The Morgan fingerprint density at radius 2 is 1.76 bits per heavy atom. The monoisotopic (exact) mass is 535 g/mol. The molecular weight excluding hydrogens is 498 g/mol. The van der Waals surface area contributed by atoms with Gasteiger partial charge >= 0.3 is 0 Å². The fourth-order valence-corrected chi connectivity index (χ4v) is 4.47. The highest BCUT2D eigenvalue weighted by molar-refractivity contribution is 6.32. The largest absolute Gasteiger partial charge is 0.506 e. The zero-order valence-electron chi connectivity index (χ0n) is 22.9. The number of aryl methyl sites for hydroxylation is 2. The third-order valence-corrected chi connectivity index (χ3v) is 6.62. The highest BCUT2D eigenvalue weighted by atomic mass is 35.5. The predicted octanol–water partition coefficient (Wildman–Crippen LogP) is 6.84. The Morgan fingerprint density at radius 3 is 2.37 bits per heavy atom. The molecule has 7 heteroatoms. The van der Waals surface area contributed by atoms with Gasteiger partial charge in [0.1, 0.15) is 18.1 Å². The van der Waals surface area contributed by atoms with Crippen LogP contribution in [0.2, 0.25) is 5.02 Å². The molecule has 3 rings (SSSR count). The molecule has 38 heavy (non-hydrogen) atoms. The van der Waals surface area contributed by atoms with Gasteiger partial charge < -0.3 is 9.84 Å². The number of phenols is 1. The second-order valence-corrected chi connectivity index (χ2v) is 10.3. The van der Waals surface area contributed by atoms with Crippen molar-refractivity contribution in [1.82, 2.24) is 10.3 Å². The number of nitrogens with one attached hydrogen (secondary N) is 1. The fourth-order valence-electron chi connectivity index (χ4n) is 4.29. The molecule has 2 N–H and O–H groups in total. The first-order chi connectivity index (χ1) is 18.2. The number of rotatable bonds is 12. The lowest BCUT2D eigenvalue weighted by Gasteiger charge is -2.23. The van der Waals surface area contributed by atoms with Gasteiger partial charge in [-0.15, -0.1) is 0 Å². The summed E-state index contributed by atoms with van der Waals surface area (Å²) in [4.78, 5) is 14.7. The average Bonchev–Trinajstić information content (AvgIpc) is 2.87. The Balaban J connectivity index is 1.56.